The zero-order valence-corrected chi connectivity index (χ0v) is 20.7. The zero-order chi connectivity index (χ0) is 22.9. The molecule has 1 aromatic carbocycles. The van der Waals surface area contributed by atoms with Crippen LogP contribution < -0.4 is 5.32 Å². The van der Waals surface area contributed by atoms with Gasteiger partial charge in [-0.25, -0.2) is 4.98 Å². The number of benzene rings is 1. The number of amides is 2. The summed E-state index contributed by atoms with van der Waals surface area (Å²) in [5.74, 6) is 0.276. The van der Waals surface area contributed by atoms with E-state index in [4.69, 9.17) is 4.74 Å². The third-order valence-corrected chi connectivity index (χ3v) is 9.73. The van der Waals surface area contributed by atoms with Gasteiger partial charge in [0.15, 0.2) is 0 Å². The topological polar surface area (TPSA) is 71.5 Å². The summed E-state index contributed by atoms with van der Waals surface area (Å²) in [4.78, 5) is 32.3. The monoisotopic (exact) mass is 485 g/mol. The van der Waals surface area contributed by atoms with E-state index in [-0.39, 0.29) is 28.6 Å². The van der Waals surface area contributed by atoms with Gasteiger partial charge in [0.1, 0.15) is 10.0 Å². The van der Waals surface area contributed by atoms with Gasteiger partial charge in [0, 0.05) is 49.6 Å². The van der Waals surface area contributed by atoms with Crippen molar-refractivity contribution in [3.63, 3.8) is 0 Å². The second kappa shape index (κ2) is 9.39. The smallest absolute Gasteiger partial charge is 0.273 e. The lowest BCUT2D eigenvalue weighted by Gasteiger charge is -2.38. The number of carbonyl (C=O) groups excluding carboxylic acids is 2. The molecule has 2 aromatic rings. The fourth-order valence-corrected chi connectivity index (χ4v) is 6.77. The molecule has 1 atom stereocenters. The Balaban J connectivity index is 1.16. The van der Waals surface area contributed by atoms with Gasteiger partial charge in [-0.2, -0.15) is 0 Å². The number of rotatable bonds is 6. The van der Waals surface area contributed by atoms with Crippen LogP contribution >= 0.6 is 23.1 Å². The predicted molar refractivity (Wildman–Crippen MR) is 131 cm³/mol. The third-order valence-electron chi connectivity index (χ3n) is 7.87. The Morgan fingerprint density at radius 2 is 1.91 bits per heavy atom. The average Bonchev–Trinajstić information content (AvgIpc) is 3.35. The molecule has 176 valence electrons. The lowest BCUT2D eigenvalue weighted by molar-refractivity contribution is -0.123. The van der Waals surface area contributed by atoms with E-state index < -0.39 is 0 Å². The summed E-state index contributed by atoms with van der Waals surface area (Å²) in [6, 6.07) is 10.5. The molecule has 8 heteroatoms. The molecule has 1 spiro atoms. The van der Waals surface area contributed by atoms with Crippen LogP contribution in [0.25, 0.3) is 0 Å². The summed E-state index contributed by atoms with van der Waals surface area (Å²) in [6.45, 7) is 3.55. The minimum Gasteiger partial charge on any atom is -0.381 e. The first-order valence-electron chi connectivity index (χ1n) is 11.8. The largest absolute Gasteiger partial charge is 0.381 e. The first-order chi connectivity index (χ1) is 16.1. The van der Waals surface area contributed by atoms with Crippen LogP contribution in [0.4, 0.5) is 0 Å². The van der Waals surface area contributed by atoms with Gasteiger partial charge in [-0.15, -0.1) is 11.3 Å². The van der Waals surface area contributed by atoms with Gasteiger partial charge in [0.05, 0.1) is 0 Å². The standard InChI is InChI=1S/C25H31N3O3S2/c1-32-23-27-20(16-33-23)22(30)28-11-7-24(8-12-28)15-19(24)21(29)26-17-25(9-13-31-14-10-25)18-5-3-2-4-6-18/h2-6,16,19H,7-15,17H2,1H3,(H,26,29). The van der Waals surface area contributed by atoms with Crippen molar-refractivity contribution in [3.8, 4) is 0 Å². The number of likely N-dealkylation sites (tertiary alicyclic amines) is 1. The van der Waals surface area contributed by atoms with Crippen LogP contribution in [0, 0.1) is 11.3 Å². The molecule has 1 saturated carbocycles. The van der Waals surface area contributed by atoms with Gasteiger partial charge in [0.25, 0.3) is 5.91 Å². The summed E-state index contributed by atoms with van der Waals surface area (Å²) in [6.07, 6.45) is 6.56. The molecule has 2 aliphatic heterocycles. The molecular weight excluding hydrogens is 454 g/mol. The lowest BCUT2D eigenvalue weighted by atomic mass is 9.74. The van der Waals surface area contributed by atoms with Crippen LogP contribution in [0.15, 0.2) is 40.1 Å². The summed E-state index contributed by atoms with van der Waals surface area (Å²) in [5, 5.41) is 5.16. The number of ether oxygens (including phenoxy) is 1. The highest BCUT2D eigenvalue weighted by Gasteiger charge is 2.59. The average molecular weight is 486 g/mol. The predicted octanol–water partition coefficient (Wildman–Crippen LogP) is 3.97. The second-order valence-corrected chi connectivity index (χ2v) is 11.5. The van der Waals surface area contributed by atoms with Crippen LogP contribution in [0.3, 0.4) is 0 Å². The van der Waals surface area contributed by atoms with Gasteiger partial charge in [-0.3, -0.25) is 9.59 Å². The Morgan fingerprint density at radius 1 is 1.18 bits per heavy atom. The number of nitrogens with zero attached hydrogens (tertiary/aromatic N) is 2. The minimum absolute atomic E-state index is 0.0207. The number of piperidine rings is 1. The SMILES string of the molecule is CSc1nc(C(=O)N2CCC3(CC2)CC3C(=O)NCC2(c3ccccc3)CCOCC2)cs1. The van der Waals surface area contributed by atoms with Crippen molar-refractivity contribution >= 4 is 34.9 Å². The van der Waals surface area contributed by atoms with Gasteiger partial charge < -0.3 is 15.0 Å². The molecule has 3 aliphatic rings. The van der Waals surface area contributed by atoms with E-state index in [0.717, 1.165) is 49.7 Å². The second-order valence-electron chi connectivity index (χ2n) is 9.59. The highest BCUT2D eigenvalue weighted by atomic mass is 32.2. The van der Waals surface area contributed by atoms with Gasteiger partial charge in [0.2, 0.25) is 5.91 Å². The van der Waals surface area contributed by atoms with Crippen molar-refractivity contribution in [1.29, 1.82) is 0 Å². The van der Waals surface area contributed by atoms with Crippen LogP contribution in [0.5, 0.6) is 0 Å². The maximum atomic E-state index is 13.1. The Labute approximate surface area is 203 Å². The van der Waals surface area contributed by atoms with Crippen LogP contribution in [0.1, 0.15) is 48.2 Å². The fourth-order valence-electron chi connectivity index (χ4n) is 5.54. The number of aromatic nitrogens is 1. The Kier molecular flexibility index (Phi) is 6.51. The van der Waals surface area contributed by atoms with Gasteiger partial charge >= 0.3 is 0 Å². The number of hydrogen-bond acceptors (Lipinski definition) is 6. The van der Waals surface area contributed by atoms with Crippen molar-refractivity contribution in [2.75, 3.05) is 39.1 Å². The molecule has 1 aromatic heterocycles. The lowest BCUT2D eigenvalue weighted by Crippen LogP contribution is -2.46. The molecule has 2 amide bonds. The maximum Gasteiger partial charge on any atom is 0.273 e. The van der Waals surface area contributed by atoms with E-state index in [0.29, 0.717) is 25.3 Å². The number of hydrogen-bond donors (Lipinski definition) is 1. The highest BCUT2D eigenvalue weighted by molar-refractivity contribution is 8.00. The highest BCUT2D eigenvalue weighted by Crippen LogP contribution is 2.59. The fraction of sp³-hybridized carbons (Fsp3) is 0.560. The molecule has 1 unspecified atom stereocenters. The Morgan fingerprint density at radius 3 is 2.58 bits per heavy atom. The first-order valence-corrected chi connectivity index (χ1v) is 13.9. The van der Waals surface area contributed by atoms with E-state index in [9.17, 15) is 9.59 Å². The number of thiazole rings is 1. The molecule has 1 N–H and O–H groups in total. The van der Waals surface area contributed by atoms with Crippen LogP contribution in [-0.2, 0) is 14.9 Å². The summed E-state index contributed by atoms with van der Waals surface area (Å²) < 4.78 is 6.54. The molecule has 0 bridgehead atoms. The molecule has 1 aliphatic carbocycles. The van der Waals surface area contributed by atoms with E-state index in [1.165, 1.54) is 16.9 Å². The maximum absolute atomic E-state index is 13.1. The van der Waals surface area contributed by atoms with Crippen molar-refractivity contribution in [3.05, 3.63) is 47.0 Å². The van der Waals surface area contributed by atoms with E-state index in [1.807, 2.05) is 22.6 Å². The normalized spacial score (nSPS) is 23.3. The van der Waals surface area contributed by atoms with Crippen molar-refractivity contribution in [1.82, 2.24) is 15.2 Å². The van der Waals surface area contributed by atoms with Crippen molar-refractivity contribution in [2.45, 2.75) is 41.9 Å². The molecule has 33 heavy (non-hydrogen) atoms. The molecule has 5 rings (SSSR count). The third kappa shape index (κ3) is 4.57. The van der Waals surface area contributed by atoms with Crippen LogP contribution in [0.2, 0.25) is 0 Å². The molecule has 0 radical (unpaired) electrons. The van der Waals surface area contributed by atoms with Gasteiger partial charge in [-0.05, 0) is 49.3 Å². The van der Waals surface area contributed by atoms with Gasteiger partial charge in [-0.1, -0.05) is 42.1 Å². The van der Waals surface area contributed by atoms with E-state index in [2.05, 4.69) is 34.6 Å². The van der Waals surface area contributed by atoms with Crippen molar-refractivity contribution in [2.24, 2.45) is 11.3 Å². The molecule has 3 heterocycles. The van der Waals surface area contributed by atoms with Crippen LogP contribution in [-0.4, -0.2) is 60.8 Å². The molecule has 6 nitrogen and oxygen atoms in total. The quantitative estimate of drug-likeness (QED) is 0.627. The Bertz CT molecular complexity index is 995. The number of nitrogens with one attached hydrogen (secondary N) is 1. The van der Waals surface area contributed by atoms with E-state index in [1.54, 1.807) is 11.8 Å². The number of thioether (sulfide) groups is 1. The zero-order valence-electron chi connectivity index (χ0n) is 19.0. The first kappa shape index (κ1) is 22.9. The van der Waals surface area contributed by atoms with Crippen molar-refractivity contribution < 1.29 is 14.3 Å². The molecule has 3 fully saturated rings. The van der Waals surface area contributed by atoms with E-state index >= 15 is 0 Å². The number of carbonyl (C=O) groups is 2. The molecule has 2 saturated heterocycles. The minimum atomic E-state index is -0.0455. The summed E-state index contributed by atoms with van der Waals surface area (Å²) >= 11 is 3.08. The Hall–Kier alpha value is -1.90. The summed E-state index contributed by atoms with van der Waals surface area (Å²) in [7, 11) is 0. The summed E-state index contributed by atoms with van der Waals surface area (Å²) in [5.41, 5.74) is 1.87. The molecular formula is C25H31N3O3S2.